The van der Waals surface area contributed by atoms with Crippen LogP contribution in [0, 0.1) is 5.92 Å². The van der Waals surface area contributed by atoms with Gasteiger partial charge in [0, 0.05) is 19.5 Å². The summed E-state index contributed by atoms with van der Waals surface area (Å²) in [6.45, 7) is 0.960. The van der Waals surface area contributed by atoms with E-state index in [1.165, 1.54) is 5.56 Å². The Balaban J connectivity index is 1.60. The molecule has 1 aromatic rings. The summed E-state index contributed by atoms with van der Waals surface area (Å²) in [6.07, 6.45) is 5.03. The average Bonchev–Trinajstić information content (AvgIpc) is 3.05. The number of likely N-dealkylation sites (tertiary alicyclic amines) is 1. The summed E-state index contributed by atoms with van der Waals surface area (Å²) >= 11 is 0. The molecular formula is C18H25NO4. The van der Waals surface area contributed by atoms with E-state index in [-0.39, 0.29) is 11.8 Å². The van der Waals surface area contributed by atoms with Crippen molar-refractivity contribution in [3.05, 3.63) is 29.8 Å². The number of benzene rings is 1. The fourth-order valence-corrected chi connectivity index (χ4v) is 2.92. The molecule has 0 spiro atoms. The highest BCUT2D eigenvalue weighted by Gasteiger charge is 2.30. The monoisotopic (exact) mass is 319 g/mol. The number of hydrogen-bond donors (Lipinski definition) is 1. The zero-order valence-corrected chi connectivity index (χ0v) is 13.7. The molecule has 0 aromatic heterocycles. The number of carbonyl (C=O) groups excluding carboxylic acids is 1. The Morgan fingerprint density at radius 3 is 2.57 bits per heavy atom. The first kappa shape index (κ1) is 17.3. The second-order valence-corrected chi connectivity index (χ2v) is 6.07. The van der Waals surface area contributed by atoms with Gasteiger partial charge in [-0.05, 0) is 43.4 Å². The molecule has 5 heteroatoms. The third-order valence-electron chi connectivity index (χ3n) is 4.41. The van der Waals surface area contributed by atoms with Crippen molar-refractivity contribution in [2.45, 2.75) is 38.5 Å². The average molecular weight is 319 g/mol. The lowest BCUT2D eigenvalue weighted by Gasteiger charge is -2.15. The van der Waals surface area contributed by atoms with Gasteiger partial charge in [0.15, 0.2) is 0 Å². The van der Waals surface area contributed by atoms with Crippen LogP contribution in [0.3, 0.4) is 0 Å². The van der Waals surface area contributed by atoms with Gasteiger partial charge in [-0.2, -0.15) is 0 Å². The SMILES string of the molecule is COc1ccc(CCCCCC(=O)N2CCC(C(=O)O)C2)cc1. The van der Waals surface area contributed by atoms with Crippen LogP contribution in [-0.4, -0.2) is 42.1 Å². The van der Waals surface area contributed by atoms with E-state index in [0.717, 1.165) is 31.4 Å². The molecule has 0 aliphatic carbocycles. The molecule has 0 saturated carbocycles. The van der Waals surface area contributed by atoms with E-state index < -0.39 is 5.97 Å². The van der Waals surface area contributed by atoms with Crippen LogP contribution in [0.1, 0.15) is 37.7 Å². The molecule has 1 N–H and O–H groups in total. The van der Waals surface area contributed by atoms with Gasteiger partial charge < -0.3 is 14.7 Å². The smallest absolute Gasteiger partial charge is 0.308 e. The Morgan fingerprint density at radius 2 is 1.96 bits per heavy atom. The van der Waals surface area contributed by atoms with Crippen LogP contribution in [0.5, 0.6) is 5.75 Å². The molecule has 1 aliphatic rings. The zero-order valence-electron chi connectivity index (χ0n) is 13.7. The van der Waals surface area contributed by atoms with Crippen molar-refractivity contribution in [1.29, 1.82) is 0 Å². The summed E-state index contributed by atoms with van der Waals surface area (Å²) in [5.74, 6) is -0.211. The number of carboxylic acid groups (broad SMARTS) is 1. The predicted octanol–water partition coefficient (Wildman–Crippen LogP) is 2.73. The van der Waals surface area contributed by atoms with E-state index in [4.69, 9.17) is 9.84 Å². The number of rotatable bonds is 8. The number of ether oxygens (including phenoxy) is 1. The van der Waals surface area contributed by atoms with Crippen LogP contribution < -0.4 is 4.74 Å². The Morgan fingerprint density at radius 1 is 1.22 bits per heavy atom. The van der Waals surface area contributed by atoms with Crippen molar-refractivity contribution in [1.82, 2.24) is 4.90 Å². The minimum absolute atomic E-state index is 0.0956. The predicted molar refractivity (Wildman–Crippen MR) is 87.5 cm³/mol. The molecular weight excluding hydrogens is 294 g/mol. The van der Waals surface area contributed by atoms with Gasteiger partial charge in [-0.1, -0.05) is 18.6 Å². The maximum Gasteiger partial charge on any atom is 0.308 e. The standard InChI is InChI=1S/C18H25NO4/c1-23-16-9-7-14(8-10-16)5-3-2-4-6-17(20)19-12-11-15(13-19)18(21)22/h7-10,15H,2-6,11-13H2,1H3,(H,21,22). The Kier molecular flexibility index (Phi) is 6.44. The van der Waals surface area contributed by atoms with Crippen LogP contribution >= 0.6 is 0 Å². The van der Waals surface area contributed by atoms with E-state index in [2.05, 4.69) is 12.1 Å². The van der Waals surface area contributed by atoms with E-state index in [9.17, 15) is 9.59 Å². The number of hydrogen-bond acceptors (Lipinski definition) is 3. The summed E-state index contributed by atoms with van der Waals surface area (Å²) < 4.78 is 5.13. The van der Waals surface area contributed by atoms with Crippen molar-refractivity contribution >= 4 is 11.9 Å². The lowest BCUT2D eigenvalue weighted by atomic mass is 10.1. The number of amides is 1. The van der Waals surface area contributed by atoms with Crippen LogP contribution in [-0.2, 0) is 16.0 Å². The van der Waals surface area contributed by atoms with Gasteiger partial charge >= 0.3 is 5.97 Å². The van der Waals surface area contributed by atoms with Gasteiger partial charge in [0.25, 0.3) is 0 Å². The Bertz CT molecular complexity index is 526. The summed E-state index contributed by atoms with van der Waals surface area (Å²) in [5, 5.41) is 8.95. The second kappa shape index (κ2) is 8.56. The maximum atomic E-state index is 12.0. The highest BCUT2D eigenvalue weighted by molar-refractivity contribution is 5.78. The maximum absolute atomic E-state index is 12.0. The molecule has 1 amide bonds. The minimum atomic E-state index is -0.792. The second-order valence-electron chi connectivity index (χ2n) is 6.07. The molecule has 1 atom stereocenters. The Hall–Kier alpha value is -2.04. The quantitative estimate of drug-likeness (QED) is 0.748. The normalized spacial score (nSPS) is 17.3. The fraction of sp³-hybridized carbons (Fsp3) is 0.556. The summed E-state index contributed by atoms with van der Waals surface area (Å²) in [5.41, 5.74) is 1.28. The highest BCUT2D eigenvalue weighted by atomic mass is 16.5. The Labute approximate surface area is 137 Å². The van der Waals surface area contributed by atoms with Gasteiger partial charge in [-0.25, -0.2) is 0 Å². The molecule has 0 bridgehead atoms. The topological polar surface area (TPSA) is 66.8 Å². The molecule has 5 nitrogen and oxygen atoms in total. The van der Waals surface area contributed by atoms with Crippen molar-refractivity contribution in [2.75, 3.05) is 20.2 Å². The molecule has 126 valence electrons. The molecule has 1 aliphatic heterocycles. The number of carbonyl (C=O) groups is 2. The third-order valence-corrected chi connectivity index (χ3v) is 4.41. The lowest BCUT2D eigenvalue weighted by Crippen LogP contribution is -2.29. The van der Waals surface area contributed by atoms with Crippen LogP contribution in [0.4, 0.5) is 0 Å². The molecule has 1 fully saturated rings. The molecule has 1 saturated heterocycles. The molecule has 1 heterocycles. The summed E-state index contributed by atoms with van der Waals surface area (Å²) in [4.78, 5) is 24.6. The largest absolute Gasteiger partial charge is 0.497 e. The summed E-state index contributed by atoms with van der Waals surface area (Å²) in [6, 6.07) is 8.07. The number of aryl methyl sites for hydroxylation is 1. The summed E-state index contributed by atoms with van der Waals surface area (Å²) in [7, 11) is 1.66. The van der Waals surface area contributed by atoms with Gasteiger partial charge in [-0.3, -0.25) is 9.59 Å². The van der Waals surface area contributed by atoms with E-state index >= 15 is 0 Å². The fourth-order valence-electron chi connectivity index (χ4n) is 2.92. The first-order valence-corrected chi connectivity index (χ1v) is 8.23. The molecule has 2 rings (SSSR count). The third kappa shape index (κ3) is 5.27. The van der Waals surface area contributed by atoms with Gasteiger partial charge in [0.1, 0.15) is 5.75 Å². The van der Waals surface area contributed by atoms with E-state index in [1.807, 2.05) is 12.1 Å². The van der Waals surface area contributed by atoms with Gasteiger partial charge in [0.05, 0.1) is 13.0 Å². The number of aliphatic carboxylic acids is 1. The first-order chi connectivity index (χ1) is 11.1. The number of methoxy groups -OCH3 is 1. The first-order valence-electron chi connectivity index (χ1n) is 8.23. The minimum Gasteiger partial charge on any atom is -0.497 e. The van der Waals surface area contributed by atoms with E-state index in [0.29, 0.717) is 25.9 Å². The van der Waals surface area contributed by atoms with Crippen molar-refractivity contribution in [3.63, 3.8) is 0 Å². The van der Waals surface area contributed by atoms with Gasteiger partial charge in [0.2, 0.25) is 5.91 Å². The van der Waals surface area contributed by atoms with Crippen LogP contribution in [0.2, 0.25) is 0 Å². The van der Waals surface area contributed by atoms with Crippen LogP contribution in [0.15, 0.2) is 24.3 Å². The number of carboxylic acids is 1. The van der Waals surface area contributed by atoms with Crippen molar-refractivity contribution in [3.8, 4) is 5.75 Å². The number of unbranched alkanes of at least 4 members (excludes halogenated alkanes) is 2. The molecule has 0 radical (unpaired) electrons. The molecule has 1 unspecified atom stereocenters. The molecule has 1 aromatic carbocycles. The number of nitrogens with zero attached hydrogens (tertiary/aromatic N) is 1. The molecule has 23 heavy (non-hydrogen) atoms. The van der Waals surface area contributed by atoms with E-state index in [1.54, 1.807) is 12.0 Å². The van der Waals surface area contributed by atoms with Gasteiger partial charge in [-0.15, -0.1) is 0 Å². The van der Waals surface area contributed by atoms with Crippen molar-refractivity contribution < 1.29 is 19.4 Å². The lowest BCUT2D eigenvalue weighted by molar-refractivity contribution is -0.141. The highest BCUT2D eigenvalue weighted by Crippen LogP contribution is 2.18. The zero-order chi connectivity index (χ0) is 16.7. The van der Waals surface area contributed by atoms with Crippen LogP contribution in [0.25, 0.3) is 0 Å². The van der Waals surface area contributed by atoms with Crippen molar-refractivity contribution in [2.24, 2.45) is 5.92 Å².